The molecular formula is C13H24ClN3O2. The van der Waals surface area contributed by atoms with Crippen molar-refractivity contribution in [2.24, 2.45) is 0 Å². The molecule has 0 amide bonds. The van der Waals surface area contributed by atoms with E-state index in [1.54, 1.807) is 6.20 Å². The second-order valence-electron chi connectivity index (χ2n) is 4.01. The van der Waals surface area contributed by atoms with Crippen molar-refractivity contribution in [1.29, 1.82) is 0 Å². The summed E-state index contributed by atoms with van der Waals surface area (Å²) in [6, 6.07) is -0.125. The van der Waals surface area contributed by atoms with Crippen LogP contribution in [0.3, 0.4) is 0 Å². The van der Waals surface area contributed by atoms with E-state index < -0.39 is 0 Å². The molecular weight excluding hydrogens is 266 g/mol. The highest BCUT2D eigenvalue weighted by Crippen LogP contribution is 2.27. The normalized spacial score (nSPS) is 13.2. The summed E-state index contributed by atoms with van der Waals surface area (Å²) in [4.78, 5) is 0. The van der Waals surface area contributed by atoms with E-state index in [1.165, 1.54) is 0 Å². The standard InChI is InChI=1S/C13H24ClN3O2/c1-5-15-11(13(18-7-3)19-8-4)12-10(14)9-16-17(12)6-2/h9,11,13,15H,5-8H2,1-4H3. The summed E-state index contributed by atoms with van der Waals surface area (Å²) < 4.78 is 13.3. The lowest BCUT2D eigenvalue weighted by Gasteiger charge is -2.28. The Kier molecular flexibility index (Phi) is 7.38. The van der Waals surface area contributed by atoms with E-state index in [2.05, 4.69) is 10.4 Å². The number of aromatic nitrogens is 2. The fourth-order valence-corrected chi connectivity index (χ4v) is 2.30. The van der Waals surface area contributed by atoms with Crippen molar-refractivity contribution in [2.45, 2.75) is 46.6 Å². The Morgan fingerprint density at radius 1 is 1.26 bits per heavy atom. The third-order valence-corrected chi connectivity index (χ3v) is 3.08. The third kappa shape index (κ3) is 4.18. The molecule has 1 heterocycles. The number of nitrogens with one attached hydrogen (secondary N) is 1. The van der Waals surface area contributed by atoms with Crippen molar-refractivity contribution >= 4 is 11.6 Å². The summed E-state index contributed by atoms with van der Waals surface area (Å²) in [6.45, 7) is 10.7. The van der Waals surface area contributed by atoms with Crippen LogP contribution in [0.1, 0.15) is 39.4 Å². The molecule has 0 aliphatic rings. The van der Waals surface area contributed by atoms with Gasteiger partial charge in [-0.3, -0.25) is 4.68 Å². The van der Waals surface area contributed by atoms with Gasteiger partial charge in [-0.15, -0.1) is 0 Å². The molecule has 0 aromatic carbocycles. The molecule has 0 radical (unpaired) electrons. The molecule has 110 valence electrons. The van der Waals surface area contributed by atoms with Crippen LogP contribution in [0.25, 0.3) is 0 Å². The molecule has 0 spiro atoms. The predicted molar refractivity (Wildman–Crippen MR) is 76.4 cm³/mol. The Balaban J connectivity index is 3.05. The smallest absolute Gasteiger partial charge is 0.178 e. The van der Waals surface area contributed by atoms with E-state index in [4.69, 9.17) is 21.1 Å². The molecule has 6 heteroatoms. The number of hydrogen-bond donors (Lipinski definition) is 1. The highest BCUT2D eigenvalue weighted by atomic mass is 35.5. The lowest BCUT2D eigenvalue weighted by atomic mass is 10.2. The lowest BCUT2D eigenvalue weighted by molar-refractivity contribution is -0.156. The summed E-state index contributed by atoms with van der Waals surface area (Å²) in [5, 5.41) is 8.28. The molecule has 0 saturated heterocycles. The van der Waals surface area contributed by atoms with Gasteiger partial charge in [-0.1, -0.05) is 18.5 Å². The zero-order valence-corrected chi connectivity index (χ0v) is 12.9. The Labute approximate surface area is 120 Å². The van der Waals surface area contributed by atoms with Crippen LogP contribution in [0, 0.1) is 0 Å². The van der Waals surface area contributed by atoms with E-state index in [1.807, 2.05) is 32.4 Å². The molecule has 1 atom stereocenters. The first kappa shape index (κ1) is 16.4. The van der Waals surface area contributed by atoms with Crippen LogP contribution >= 0.6 is 11.6 Å². The maximum atomic E-state index is 6.26. The zero-order chi connectivity index (χ0) is 14.3. The molecule has 5 nitrogen and oxygen atoms in total. The molecule has 0 fully saturated rings. The molecule has 0 aliphatic heterocycles. The van der Waals surface area contributed by atoms with Crippen LogP contribution in [0.2, 0.25) is 5.02 Å². The first-order valence-electron chi connectivity index (χ1n) is 6.87. The Morgan fingerprint density at radius 2 is 1.89 bits per heavy atom. The largest absolute Gasteiger partial charge is 0.351 e. The predicted octanol–water partition coefficient (Wildman–Crippen LogP) is 2.61. The molecule has 1 N–H and O–H groups in total. The topological polar surface area (TPSA) is 48.3 Å². The first-order chi connectivity index (χ1) is 9.19. The average Bonchev–Trinajstić information content (AvgIpc) is 2.77. The van der Waals surface area contributed by atoms with E-state index in [0.717, 1.165) is 18.8 Å². The van der Waals surface area contributed by atoms with Crippen molar-refractivity contribution < 1.29 is 9.47 Å². The fraction of sp³-hybridized carbons (Fsp3) is 0.769. The van der Waals surface area contributed by atoms with E-state index in [0.29, 0.717) is 18.2 Å². The molecule has 0 aliphatic carbocycles. The van der Waals surface area contributed by atoms with Crippen LogP contribution < -0.4 is 5.32 Å². The van der Waals surface area contributed by atoms with Crippen molar-refractivity contribution in [3.63, 3.8) is 0 Å². The number of nitrogens with zero attached hydrogens (tertiary/aromatic N) is 2. The van der Waals surface area contributed by atoms with E-state index >= 15 is 0 Å². The number of rotatable bonds is 9. The van der Waals surface area contributed by atoms with Crippen molar-refractivity contribution in [3.8, 4) is 0 Å². The summed E-state index contributed by atoms with van der Waals surface area (Å²) in [7, 11) is 0. The van der Waals surface area contributed by atoms with Crippen LogP contribution in [0.15, 0.2) is 6.20 Å². The number of hydrogen-bond acceptors (Lipinski definition) is 4. The van der Waals surface area contributed by atoms with Crippen molar-refractivity contribution in [3.05, 3.63) is 16.9 Å². The van der Waals surface area contributed by atoms with Crippen LogP contribution in [0.4, 0.5) is 0 Å². The highest BCUT2D eigenvalue weighted by molar-refractivity contribution is 6.31. The first-order valence-corrected chi connectivity index (χ1v) is 7.25. The monoisotopic (exact) mass is 289 g/mol. The molecule has 1 aromatic heterocycles. The van der Waals surface area contributed by atoms with Crippen LogP contribution in [-0.4, -0.2) is 35.8 Å². The summed E-state index contributed by atoms with van der Waals surface area (Å²) in [6.07, 6.45) is 1.30. The van der Waals surface area contributed by atoms with Gasteiger partial charge in [-0.2, -0.15) is 5.10 Å². The van der Waals surface area contributed by atoms with E-state index in [9.17, 15) is 0 Å². The molecule has 1 aromatic rings. The highest BCUT2D eigenvalue weighted by Gasteiger charge is 2.28. The van der Waals surface area contributed by atoms with Gasteiger partial charge < -0.3 is 14.8 Å². The number of likely N-dealkylation sites (N-methyl/N-ethyl adjacent to an activating group) is 1. The molecule has 0 saturated carbocycles. The van der Waals surface area contributed by atoms with Gasteiger partial charge in [0.2, 0.25) is 0 Å². The van der Waals surface area contributed by atoms with Crippen molar-refractivity contribution in [1.82, 2.24) is 15.1 Å². The minimum absolute atomic E-state index is 0.125. The summed E-state index contributed by atoms with van der Waals surface area (Å²) in [5.74, 6) is 0. The van der Waals surface area contributed by atoms with Gasteiger partial charge >= 0.3 is 0 Å². The van der Waals surface area contributed by atoms with Gasteiger partial charge in [0.05, 0.1) is 16.9 Å². The third-order valence-electron chi connectivity index (χ3n) is 2.79. The number of halogens is 1. The minimum Gasteiger partial charge on any atom is -0.351 e. The fourth-order valence-electron chi connectivity index (χ4n) is 2.04. The van der Waals surface area contributed by atoms with Crippen molar-refractivity contribution in [2.75, 3.05) is 19.8 Å². The summed E-state index contributed by atoms with van der Waals surface area (Å²) in [5.41, 5.74) is 0.915. The van der Waals surface area contributed by atoms with Crippen LogP contribution in [-0.2, 0) is 16.0 Å². The second-order valence-corrected chi connectivity index (χ2v) is 4.42. The maximum absolute atomic E-state index is 6.26. The Morgan fingerprint density at radius 3 is 2.37 bits per heavy atom. The maximum Gasteiger partial charge on any atom is 0.178 e. The second kappa shape index (κ2) is 8.53. The number of aryl methyl sites for hydroxylation is 1. The molecule has 1 unspecified atom stereocenters. The average molecular weight is 290 g/mol. The quantitative estimate of drug-likeness (QED) is 0.710. The van der Waals surface area contributed by atoms with Gasteiger partial charge in [0.1, 0.15) is 6.04 Å². The van der Waals surface area contributed by atoms with Gasteiger partial charge in [0, 0.05) is 19.8 Å². The van der Waals surface area contributed by atoms with Gasteiger partial charge in [0.25, 0.3) is 0 Å². The lowest BCUT2D eigenvalue weighted by Crippen LogP contribution is -2.37. The SMILES string of the molecule is CCNC(c1c(Cl)cnn1CC)C(OCC)OCC. The minimum atomic E-state index is -0.366. The molecule has 1 rings (SSSR count). The molecule has 0 bridgehead atoms. The Hall–Kier alpha value is -0.620. The van der Waals surface area contributed by atoms with Gasteiger partial charge in [-0.05, 0) is 27.3 Å². The van der Waals surface area contributed by atoms with Crippen LogP contribution in [0.5, 0.6) is 0 Å². The Bertz CT molecular complexity index is 365. The van der Waals surface area contributed by atoms with E-state index in [-0.39, 0.29) is 12.3 Å². The molecule has 19 heavy (non-hydrogen) atoms. The zero-order valence-electron chi connectivity index (χ0n) is 12.1. The summed E-state index contributed by atoms with van der Waals surface area (Å²) >= 11 is 6.26. The van der Waals surface area contributed by atoms with Gasteiger partial charge in [-0.25, -0.2) is 0 Å². The van der Waals surface area contributed by atoms with Gasteiger partial charge in [0.15, 0.2) is 6.29 Å². The number of ether oxygens (including phenoxy) is 2.